The molecule has 3 rings (SSSR count). The Morgan fingerprint density at radius 2 is 2.08 bits per heavy atom. The number of hydrogen-bond acceptors (Lipinski definition) is 3. The minimum Gasteiger partial charge on any atom is -0.493 e. The van der Waals surface area contributed by atoms with Crippen LogP contribution >= 0.6 is 28.1 Å². The maximum Gasteiger partial charge on any atom is 0.281 e. The van der Waals surface area contributed by atoms with Crippen molar-refractivity contribution in [2.24, 2.45) is 0 Å². The highest BCUT2D eigenvalue weighted by molar-refractivity contribution is 9.10. The van der Waals surface area contributed by atoms with Gasteiger partial charge in [0.05, 0.1) is 12.3 Å². The molecule has 0 aromatic heterocycles. The van der Waals surface area contributed by atoms with Crippen molar-refractivity contribution in [1.29, 1.82) is 0 Å². The minimum atomic E-state index is -0.179. The molecule has 6 heteroatoms. The van der Waals surface area contributed by atoms with E-state index in [0.29, 0.717) is 17.4 Å². The first kappa shape index (κ1) is 18.6. The number of benzene rings is 2. The van der Waals surface area contributed by atoms with Gasteiger partial charge in [0.25, 0.3) is 5.91 Å². The molecule has 1 N–H and O–H groups in total. The van der Waals surface area contributed by atoms with Crippen molar-refractivity contribution in [1.82, 2.24) is 5.32 Å². The van der Waals surface area contributed by atoms with E-state index in [1.54, 1.807) is 6.08 Å². The summed E-state index contributed by atoms with van der Waals surface area (Å²) in [6.07, 6.45) is 2.69. The van der Waals surface area contributed by atoms with Crippen LogP contribution in [0.15, 0.2) is 52.6 Å². The van der Waals surface area contributed by atoms with Gasteiger partial charge in [-0.05, 0) is 67.5 Å². The lowest BCUT2D eigenvalue weighted by Crippen LogP contribution is -2.30. The van der Waals surface area contributed by atoms with E-state index in [1.165, 1.54) is 4.90 Å². The fourth-order valence-corrected chi connectivity index (χ4v) is 3.34. The fourth-order valence-electron chi connectivity index (χ4n) is 2.67. The van der Waals surface area contributed by atoms with E-state index in [2.05, 4.69) is 28.2 Å². The van der Waals surface area contributed by atoms with Gasteiger partial charge in [-0.3, -0.25) is 9.69 Å². The summed E-state index contributed by atoms with van der Waals surface area (Å²) in [5.74, 6) is 0.555. The summed E-state index contributed by atoms with van der Waals surface area (Å²) >= 11 is 8.85. The van der Waals surface area contributed by atoms with Crippen LogP contribution in [0.2, 0.25) is 0 Å². The van der Waals surface area contributed by atoms with Gasteiger partial charge in [-0.1, -0.05) is 35.0 Å². The van der Waals surface area contributed by atoms with Crippen LogP contribution in [0, 0.1) is 6.92 Å². The van der Waals surface area contributed by atoms with Crippen molar-refractivity contribution in [3.8, 4) is 5.75 Å². The van der Waals surface area contributed by atoms with Crippen molar-refractivity contribution < 1.29 is 9.53 Å². The Balaban J connectivity index is 1.94. The molecule has 26 heavy (non-hydrogen) atoms. The number of carbonyl (C=O) groups excluding carboxylic acids is 1. The number of nitrogens with one attached hydrogen (secondary N) is 1. The van der Waals surface area contributed by atoms with Crippen molar-refractivity contribution >= 4 is 50.9 Å². The first-order chi connectivity index (χ1) is 12.5. The summed E-state index contributed by atoms with van der Waals surface area (Å²) in [6, 6.07) is 13.4. The lowest BCUT2D eigenvalue weighted by molar-refractivity contribution is -0.113. The zero-order chi connectivity index (χ0) is 18.7. The average Bonchev–Trinajstić information content (AvgIpc) is 2.88. The Labute approximate surface area is 167 Å². The second kappa shape index (κ2) is 8.01. The maximum absolute atomic E-state index is 12.9. The van der Waals surface area contributed by atoms with Gasteiger partial charge in [0.1, 0.15) is 11.4 Å². The third-order valence-electron chi connectivity index (χ3n) is 3.87. The predicted octanol–water partition coefficient (Wildman–Crippen LogP) is 4.81. The number of carbonyl (C=O) groups is 1. The highest BCUT2D eigenvalue weighted by atomic mass is 79.9. The van der Waals surface area contributed by atoms with Crippen molar-refractivity contribution in [3.05, 3.63) is 63.8 Å². The minimum absolute atomic E-state index is 0.179. The van der Waals surface area contributed by atoms with Crippen molar-refractivity contribution in [2.75, 3.05) is 11.5 Å². The zero-order valence-corrected chi connectivity index (χ0v) is 17.0. The van der Waals surface area contributed by atoms with E-state index in [4.69, 9.17) is 17.0 Å². The quantitative estimate of drug-likeness (QED) is 0.545. The summed E-state index contributed by atoms with van der Waals surface area (Å²) in [6.45, 7) is 4.65. The van der Waals surface area contributed by atoms with Gasteiger partial charge in [0.2, 0.25) is 0 Å². The molecule has 0 saturated carbocycles. The lowest BCUT2D eigenvalue weighted by atomic mass is 10.1. The van der Waals surface area contributed by atoms with Gasteiger partial charge in [-0.2, -0.15) is 0 Å². The SMILES string of the molecule is CCCOc1ccc(Br)cc1/C=C1/NC(=S)N(c2cccc(C)c2)C1=O. The summed E-state index contributed by atoms with van der Waals surface area (Å²) in [7, 11) is 0. The van der Waals surface area contributed by atoms with Crippen LogP contribution in [-0.2, 0) is 4.79 Å². The van der Waals surface area contributed by atoms with Crippen LogP contribution in [0.3, 0.4) is 0 Å². The molecule has 134 valence electrons. The fraction of sp³-hybridized carbons (Fsp3) is 0.200. The van der Waals surface area contributed by atoms with Gasteiger partial charge < -0.3 is 10.1 Å². The Hall–Kier alpha value is -2.18. The topological polar surface area (TPSA) is 41.6 Å². The summed E-state index contributed by atoms with van der Waals surface area (Å²) in [4.78, 5) is 14.4. The van der Waals surface area contributed by atoms with Gasteiger partial charge in [-0.25, -0.2) is 0 Å². The maximum atomic E-state index is 12.9. The molecule has 0 atom stereocenters. The Morgan fingerprint density at radius 1 is 1.27 bits per heavy atom. The van der Waals surface area contributed by atoms with Gasteiger partial charge in [-0.15, -0.1) is 0 Å². The first-order valence-electron chi connectivity index (χ1n) is 8.35. The molecule has 1 aliphatic heterocycles. The molecule has 4 nitrogen and oxygen atoms in total. The van der Waals surface area contributed by atoms with E-state index in [9.17, 15) is 4.79 Å². The van der Waals surface area contributed by atoms with Crippen LogP contribution in [-0.4, -0.2) is 17.6 Å². The number of hydrogen-bond donors (Lipinski definition) is 1. The lowest BCUT2D eigenvalue weighted by Gasteiger charge is -2.14. The van der Waals surface area contributed by atoms with Crippen LogP contribution in [0.5, 0.6) is 5.75 Å². The summed E-state index contributed by atoms with van der Waals surface area (Å²) in [5.41, 5.74) is 3.07. The molecule has 1 saturated heterocycles. The molecule has 1 heterocycles. The zero-order valence-electron chi connectivity index (χ0n) is 14.6. The highest BCUT2D eigenvalue weighted by Crippen LogP contribution is 2.28. The second-order valence-corrected chi connectivity index (χ2v) is 7.30. The Kier molecular flexibility index (Phi) is 5.74. The van der Waals surface area contributed by atoms with Crippen molar-refractivity contribution in [3.63, 3.8) is 0 Å². The van der Waals surface area contributed by atoms with E-state index in [-0.39, 0.29) is 5.91 Å². The Morgan fingerprint density at radius 3 is 2.81 bits per heavy atom. The van der Waals surface area contributed by atoms with E-state index < -0.39 is 0 Å². The number of anilines is 1. The van der Waals surface area contributed by atoms with E-state index in [1.807, 2.05) is 49.4 Å². The molecule has 0 spiro atoms. The molecular weight excluding hydrogens is 412 g/mol. The van der Waals surface area contributed by atoms with Crippen molar-refractivity contribution in [2.45, 2.75) is 20.3 Å². The van der Waals surface area contributed by atoms with Gasteiger partial charge in [0.15, 0.2) is 5.11 Å². The number of amides is 1. The number of thiocarbonyl (C=S) groups is 1. The van der Waals surface area contributed by atoms with E-state index in [0.717, 1.165) is 33.5 Å². The monoisotopic (exact) mass is 430 g/mol. The molecular formula is C20H19BrN2O2S. The molecule has 1 amide bonds. The highest BCUT2D eigenvalue weighted by Gasteiger charge is 2.32. The molecule has 0 radical (unpaired) electrons. The van der Waals surface area contributed by atoms with Crippen LogP contribution in [0.1, 0.15) is 24.5 Å². The van der Waals surface area contributed by atoms with Gasteiger partial charge >= 0.3 is 0 Å². The van der Waals surface area contributed by atoms with Crippen LogP contribution in [0.25, 0.3) is 6.08 Å². The molecule has 0 unspecified atom stereocenters. The van der Waals surface area contributed by atoms with Crippen LogP contribution in [0.4, 0.5) is 5.69 Å². The molecule has 0 aliphatic carbocycles. The summed E-state index contributed by atoms with van der Waals surface area (Å²) < 4.78 is 6.70. The van der Waals surface area contributed by atoms with Crippen LogP contribution < -0.4 is 15.0 Å². The number of ether oxygens (including phenoxy) is 1. The molecule has 2 aromatic carbocycles. The third kappa shape index (κ3) is 3.97. The smallest absolute Gasteiger partial charge is 0.281 e. The normalized spacial score (nSPS) is 15.5. The van der Waals surface area contributed by atoms with E-state index >= 15 is 0 Å². The number of halogens is 1. The molecule has 1 aliphatic rings. The second-order valence-electron chi connectivity index (χ2n) is 6.00. The predicted molar refractivity (Wildman–Crippen MR) is 112 cm³/mol. The number of nitrogens with zero attached hydrogens (tertiary/aromatic N) is 1. The summed E-state index contributed by atoms with van der Waals surface area (Å²) in [5, 5.41) is 3.39. The average molecular weight is 431 g/mol. The number of rotatable bonds is 5. The first-order valence-corrected chi connectivity index (χ1v) is 9.56. The number of aryl methyl sites for hydroxylation is 1. The molecule has 1 fully saturated rings. The largest absolute Gasteiger partial charge is 0.493 e. The Bertz CT molecular complexity index is 895. The third-order valence-corrected chi connectivity index (χ3v) is 4.65. The molecule has 2 aromatic rings. The van der Waals surface area contributed by atoms with Gasteiger partial charge in [0, 0.05) is 10.0 Å². The standard InChI is InChI=1S/C20H19BrN2O2S/c1-3-9-25-18-8-7-15(21)11-14(18)12-17-19(24)23(20(26)22-17)16-6-4-5-13(2)10-16/h4-8,10-12H,3,9H2,1-2H3,(H,22,26)/b17-12+. The molecule has 0 bridgehead atoms.